The Morgan fingerprint density at radius 1 is 1.29 bits per heavy atom. The predicted molar refractivity (Wildman–Crippen MR) is 86.9 cm³/mol. The maximum absolute atomic E-state index is 12.6. The molecule has 0 saturated carbocycles. The van der Waals surface area contributed by atoms with Crippen LogP contribution in [0.25, 0.3) is 0 Å². The van der Waals surface area contributed by atoms with Crippen LogP contribution in [0, 0.1) is 5.92 Å². The van der Waals surface area contributed by atoms with Crippen LogP contribution in [0.2, 0.25) is 0 Å². The number of hydrogen-bond donors (Lipinski definition) is 2. The minimum atomic E-state index is -1.05. The van der Waals surface area contributed by atoms with Gasteiger partial charge in [-0.25, -0.2) is 4.79 Å². The molecular weight excluding hydrogens is 312 g/mol. The lowest BCUT2D eigenvalue weighted by molar-refractivity contribution is -0.139. The minimum Gasteiger partial charge on any atom is -0.482 e. The molecule has 1 atom stereocenters. The number of carboxylic acid groups (broad SMARTS) is 1. The van der Waals surface area contributed by atoms with E-state index < -0.39 is 12.6 Å². The second-order valence-corrected chi connectivity index (χ2v) is 5.90. The number of nitrogens with zero attached hydrogens (tertiary/aromatic N) is 1. The maximum Gasteiger partial charge on any atom is 0.341 e. The summed E-state index contributed by atoms with van der Waals surface area (Å²) in [7, 11) is 0. The van der Waals surface area contributed by atoms with Crippen molar-refractivity contribution in [2.75, 3.05) is 26.2 Å². The van der Waals surface area contributed by atoms with Gasteiger partial charge in [0.25, 0.3) is 5.91 Å². The van der Waals surface area contributed by atoms with E-state index in [0.717, 1.165) is 12.8 Å². The van der Waals surface area contributed by atoms with Crippen molar-refractivity contribution in [2.24, 2.45) is 5.92 Å². The van der Waals surface area contributed by atoms with Crippen molar-refractivity contribution < 1.29 is 24.2 Å². The molecule has 0 bridgehead atoms. The van der Waals surface area contributed by atoms with E-state index in [1.807, 2.05) is 0 Å². The number of likely N-dealkylation sites (tertiary alicyclic amines) is 1. The summed E-state index contributed by atoms with van der Waals surface area (Å²) in [5, 5.41) is 11.4. The Kier molecular flexibility index (Phi) is 6.17. The first-order valence-electron chi connectivity index (χ1n) is 7.94. The summed E-state index contributed by atoms with van der Waals surface area (Å²) >= 11 is 0. The van der Waals surface area contributed by atoms with Crippen LogP contribution in [0.3, 0.4) is 0 Å². The summed E-state index contributed by atoms with van der Waals surface area (Å²) in [5.41, 5.74) is 0.540. The molecule has 2 amide bonds. The van der Waals surface area contributed by atoms with Gasteiger partial charge in [0, 0.05) is 32.1 Å². The van der Waals surface area contributed by atoms with E-state index in [-0.39, 0.29) is 17.7 Å². The molecule has 0 spiro atoms. The molecule has 1 aromatic carbocycles. The monoisotopic (exact) mass is 334 g/mol. The van der Waals surface area contributed by atoms with Crippen molar-refractivity contribution in [1.29, 1.82) is 0 Å². The van der Waals surface area contributed by atoms with Crippen LogP contribution in [-0.2, 0) is 9.59 Å². The summed E-state index contributed by atoms with van der Waals surface area (Å²) in [6.07, 6.45) is 1.90. The minimum absolute atomic E-state index is 0.0598. The number of benzene rings is 1. The van der Waals surface area contributed by atoms with Gasteiger partial charge in [0.2, 0.25) is 5.91 Å². The number of aliphatic carboxylic acids is 1. The second kappa shape index (κ2) is 8.33. The quantitative estimate of drug-likeness (QED) is 0.813. The lowest BCUT2D eigenvalue weighted by Gasteiger charge is -2.33. The van der Waals surface area contributed by atoms with Crippen LogP contribution < -0.4 is 10.1 Å². The smallest absolute Gasteiger partial charge is 0.341 e. The zero-order valence-electron chi connectivity index (χ0n) is 13.7. The van der Waals surface area contributed by atoms with Gasteiger partial charge in [-0.2, -0.15) is 0 Å². The molecule has 1 heterocycles. The molecule has 0 aromatic heterocycles. The number of hydrogen-bond acceptors (Lipinski definition) is 4. The maximum atomic E-state index is 12.6. The molecule has 7 nitrogen and oxygen atoms in total. The molecule has 1 unspecified atom stereocenters. The van der Waals surface area contributed by atoms with Crippen LogP contribution in [0.1, 0.15) is 30.1 Å². The van der Waals surface area contributed by atoms with Gasteiger partial charge in [-0.3, -0.25) is 9.59 Å². The molecule has 1 saturated heterocycles. The van der Waals surface area contributed by atoms with Crippen LogP contribution in [0.15, 0.2) is 24.3 Å². The zero-order valence-corrected chi connectivity index (χ0v) is 13.7. The molecule has 1 aromatic rings. The van der Waals surface area contributed by atoms with Crippen LogP contribution in [0.4, 0.5) is 0 Å². The highest BCUT2D eigenvalue weighted by atomic mass is 16.5. The van der Waals surface area contributed by atoms with Gasteiger partial charge in [-0.05, 0) is 43.0 Å². The molecule has 2 rings (SSSR count). The SMILES string of the molecule is CC(=O)NCC1CCCN(C(=O)c2ccc(OCC(=O)O)cc2)C1. The Hall–Kier alpha value is -2.57. The van der Waals surface area contributed by atoms with E-state index >= 15 is 0 Å². The first-order valence-corrected chi connectivity index (χ1v) is 7.94. The van der Waals surface area contributed by atoms with E-state index in [4.69, 9.17) is 9.84 Å². The first kappa shape index (κ1) is 17.8. The van der Waals surface area contributed by atoms with Crippen LogP contribution in [0.5, 0.6) is 5.75 Å². The average Bonchev–Trinajstić information content (AvgIpc) is 2.58. The van der Waals surface area contributed by atoms with Gasteiger partial charge in [-0.15, -0.1) is 0 Å². The third-order valence-corrected chi connectivity index (χ3v) is 3.91. The molecular formula is C17H22N2O5. The van der Waals surface area contributed by atoms with Gasteiger partial charge in [-0.1, -0.05) is 0 Å². The summed E-state index contributed by atoms with van der Waals surface area (Å²) in [6, 6.07) is 6.46. The third-order valence-electron chi connectivity index (χ3n) is 3.91. The summed E-state index contributed by atoms with van der Waals surface area (Å²) in [5.74, 6) is -0.489. The predicted octanol–water partition coefficient (Wildman–Crippen LogP) is 1.14. The fourth-order valence-corrected chi connectivity index (χ4v) is 2.73. The summed E-state index contributed by atoms with van der Waals surface area (Å²) in [4.78, 5) is 35.8. The zero-order chi connectivity index (χ0) is 17.5. The summed E-state index contributed by atoms with van der Waals surface area (Å²) < 4.78 is 5.05. The molecule has 7 heteroatoms. The van der Waals surface area contributed by atoms with Crippen molar-refractivity contribution in [3.8, 4) is 5.75 Å². The molecule has 0 radical (unpaired) electrons. The number of amides is 2. The second-order valence-electron chi connectivity index (χ2n) is 5.90. The Labute approximate surface area is 140 Å². The van der Waals surface area contributed by atoms with Crippen molar-refractivity contribution in [3.05, 3.63) is 29.8 Å². The number of carbonyl (C=O) groups is 3. The van der Waals surface area contributed by atoms with E-state index in [0.29, 0.717) is 30.9 Å². The molecule has 1 fully saturated rings. The number of ether oxygens (including phenoxy) is 1. The van der Waals surface area contributed by atoms with Gasteiger partial charge in [0.1, 0.15) is 5.75 Å². The fourth-order valence-electron chi connectivity index (χ4n) is 2.73. The lowest BCUT2D eigenvalue weighted by atomic mass is 9.97. The number of nitrogens with one attached hydrogen (secondary N) is 1. The molecule has 130 valence electrons. The molecule has 1 aliphatic heterocycles. The number of carbonyl (C=O) groups excluding carboxylic acids is 2. The Morgan fingerprint density at radius 3 is 2.62 bits per heavy atom. The average molecular weight is 334 g/mol. The highest BCUT2D eigenvalue weighted by Gasteiger charge is 2.24. The van der Waals surface area contributed by atoms with E-state index in [1.54, 1.807) is 29.2 Å². The Balaban J connectivity index is 1.92. The number of piperidine rings is 1. The van der Waals surface area contributed by atoms with Crippen molar-refractivity contribution >= 4 is 17.8 Å². The van der Waals surface area contributed by atoms with Gasteiger partial charge in [0.05, 0.1) is 0 Å². The van der Waals surface area contributed by atoms with Crippen molar-refractivity contribution in [2.45, 2.75) is 19.8 Å². The first-order chi connectivity index (χ1) is 11.5. The highest BCUT2D eigenvalue weighted by Crippen LogP contribution is 2.19. The van der Waals surface area contributed by atoms with Crippen LogP contribution in [-0.4, -0.2) is 54.0 Å². The van der Waals surface area contributed by atoms with Gasteiger partial charge >= 0.3 is 5.97 Å². The topological polar surface area (TPSA) is 95.9 Å². The fraction of sp³-hybridized carbons (Fsp3) is 0.471. The van der Waals surface area contributed by atoms with Crippen LogP contribution >= 0.6 is 0 Å². The van der Waals surface area contributed by atoms with E-state index in [1.165, 1.54) is 6.92 Å². The Bertz CT molecular complexity index is 600. The van der Waals surface area contributed by atoms with Crippen molar-refractivity contribution in [1.82, 2.24) is 10.2 Å². The molecule has 24 heavy (non-hydrogen) atoms. The third kappa shape index (κ3) is 5.26. The number of rotatable bonds is 6. The van der Waals surface area contributed by atoms with E-state index in [2.05, 4.69) is 5.32 Å². The highest BCUT2D eigenvalue weighted by molar-refractivity contribution is 5.94. The van der Waals surface area contributed by atoms with Gasteiger partial charge < -0.3 is 20.1 Å². The largest absolute Gasteiger partial charge is 0.482 e. The molecule has 0 aliphatic carbocycles. The molecule has 2 N–H and O–H groups in total. The Morgan fingerprint density at radius 2 is 2.00 bits per heavy atom. The standard InChI is InChI=1S/C17H22N2O5/c1-12(20)18-9-13-3-2-8-19(10-13)17(23)14-4-6-15(7-5-14)24-11-16(21)22/h4-7,13H,2-3,8-11H2,1H3,(H,18,20)(H,21,22). The molecule has 1 aliphatic rings. The number of carboxylic acids is 1. The summed E-state index contributed by atoms with van der Waals surface area (Å²) in [6.45, 7) is 2.98. The normalized spacial score (nSPS) is 17.2. The van der Waals surface area contributed by atoms with Gasteiger partial charge in [0.15, 0.2) is 6.61 Å². The lowest BCUT2D eigenvalue weighted by Crippen LogP contribution is -2.43. The van der Waals surface area contributed by atoms with E-state index in [9.17, 15) is 14.4 Å². The van der Waals surface area contributed by atoms with Crippen molar-refractivity contribution in [3.63, 3.8) is 0 Å².